The number of hydrogen-bond acceptors (Lipinski definition) is 5. The van der Waals surface area contributed by atoms with E-state index in [0.717, 1.165) is 50.7 Å². The van der Waals surface area contributed by atoms with Crippen LogP contribution >= 0.6 is 0 Å². The number of fused-ring (bicyclic) bond motifs is 6. The van der Waals surface area contributed by atoms with Crippen LogP contribution in [-0.4, -0.2) is 40.8 Å². The van der Waals surface area contributed by atoms with Crippen molar-refractivity contribution < 1.29 is 49.2 Å². The molecule has 0 atom stereocenters. The molecular weight excluding hydrogens is 580 g/mol. The van der Waals surface area contributed by atoms with Gasteiger partial charge in [0.15, 0.2) is 0 Å². The zero-order chi connectivity index (χ0) is 27.2. The normalized spacial score (nSPS) is 12.4. The predicted molar refractivity (Wildman–Crippen MR) is 135 cm³/mol. The molecule has 13 heteroatoms. The van der Waals surface area contributed by atoms with Crippen LogP contribution in [0.4, 0.5) is 24.6 Å². The van der Waals surface area contributed by atoms with E-state index in [-0.39, 0.29) is 19.5 Å². The Hall–Kier alpha value is -3.54. The van der Waals surface area contributed by atoms with Gasteiger partial charge in [-0.2, -0.15) is 0 Å². The van der Waals surface area contributed by atoms with Crippen molar-refractivity contribution in [1.29, 1.82) is 0 Å². The molecule has 0 unspecified atom stereocenters. The number of nitrogens with zero attached hydrogens (tertiary/aromatic N) is 4. The van der Waals surface area contributed by atoms with E-state index in [4.69, 9.17) is 5.11 Å². The van der Waals surface area contributed by atoms with E-state index in [2.05, 4.69) is 68.5 Å². The van der Waals surface area contributed by atoms with E-state index in [0.29, 0.717) is 0 Å². The van der Waals surface area contributed by atoms with Crippen molar-refractivity contribution in [3.05, 3.63) is 97.6 Å². The molecule has 5 nitrogen and oxygen atoms in total. The number of aliphatic hydroxyl groups is 1. The molecule has 38 heavy (non-hydrogen) atoms. The summed E-state index contributed by atoms with van der Waals surface area (Å²) in [5.74, 6) is 0. The number of pyridine rings is 4. The summed E-state index contributed by atoms with van der Waals surface area (Å²) < 4.78 is 59.3. The molecular formula is C25H20F6N4OSiZn. The summed E-state index contributed by atoms with van der Waals surface area (Å²) in [5, 5.41) is 11.6. The molecule has 0 aliphatic rings. The fourth-order valence-electron chi connectivity index (χ4n) is 3.36. The van der Waals surface area contributed by atoms with Gasteiger partial charge in [-0.05, 0) is 24.3 Å². The van der Waals surface area contributed by atoms with Crippen molar-refractivity contribution in [2.45, 2.75) is 0 Å². The van der Waals surface area contributed by atoms with Gasteiger partial charge in [-0.1, -0.05) is 48.5 Å². The zero-order valence-corrected chi connectivity index (χ0v) is 23.9. The predicted octanol–water partition coefficient (Wildman–Crippen LogP) is 7.31. The molecule has 2 aromatic carbocycles. The van der Waals surface area contributed by atoms with Gasteiger partial charge in [-0.3, -0.25) is 19.9 Å². The molecule has 0 radical (unpaired) electrons. The Morgan fingerprint density at radius 2 is 0.632 bits per heavy atom. The number of halogens is 6. The molecule has 4 heterocycles. The van der Waals surface area contributed by atoms with Gasteiger partial charge in [0.05, 0.1) is 22.1 Å². The second-order valence-electron chi connectivity index (χ2n) is 7.50. The summed E-state index contributed by atoms with van der Waals surface area (Å²) in [7, 11) is -9.84. The summed E-state index contributed by atoms with van der Waals surface area (Å²) >= 11 is 0. The number of benzene rings is 2. The minimum atomic E-state index is -10.8. The first-order valence-corrected chi connectivity index (χ1v) is 12.9. The Labute approximate surface area is 225 Å². The van der Waals surface area contributed by atoms with Crippen molar-refractivity contribution >= 4 is 52.2 Å². The molecule has 0 aliphatic carbocycles. The minimum absolute atomic E-state index is 0. The maximum absolute atomic E-state index is 10.8. The molecule has 0 spiro atoms. The van der Waals surface area contributed by atoms with E-state index in [1.807, 2.05) is 24.3 Å². The smallest absolute Gasteiger partial charge is 0.254 e. The largest absolute Gasteiger partial charge is 2.00 e. The van der Waals surface area contributed by atoms with Crippen LogP contribution < -0.4 is 0 Å². The van der Waals surface area contributed by atoms with Crippen molar-refractivity contribution in [3.63, 3.8) is 0 Å². The maximum Gasteiger partial charge on any atom is 2.00 e. The van der Waals surface area contributed by atoms with Gasteiger partial charge in [-0.15, -0.1) is 0 Å². The molecule has 0 fully saturated rings. The molecule has 6 rings (SSSR count). The molecule has 6 aromatic rings. The molecule has 0 aliphatic heterocycles. The Morgan fingerprint density at radius 3 is 0.816 bits per heavy atom. The summed E-state index contributed by atoms with van der Waals surface area (Å²) in [6.07, 6.45) is 7.21. The maximum atomic E-state index is 9.88. The van der Waals surface area contributed by atoms with E-state index >= 15 is 0 Å². The van der Waals surface area contributed by atoms with Crippen LogP contribution in [0.5, 0.6) is 0 Å². The monoisotopic (exact) mass is 598 g/mol. The van der Waals surface area contributed by atoms with Gasteiger partial charge in [0, 0.05) is 53.4 Å². The third-order valence-electron chi connectivity index (χ3n) is 4.69. The number of hydrogen-bond donors (Lipinski definition) is 1. The number of aliphatic hydroxyl groups excluding tert-OH is 1. The van der Waals surface area contributed by atoms with Crippen LogP contribution in [0.3, 0.4) is 0 Å². The average molecular weight is 600 g/mol. The van der Waals surface area contributed by atoms with Crippen molar-refractivity contribution in [1.82, 2.24) is 19.9 Å². The van der Waals surface area contributed by atoms with Crippen LogP contribution in [0, 0.1) is 0 Å². The molecule has 194 valence electrons. The van der Waals surface area contributed by atoms with Crippen LogP contribution in [0.2, 0.25) is 0 Å². The quantitative estimate of drug-likeness (QED) is 0.0858. The van der Waals surface area contributed by atoms with Crippen LogP contribution in [0.25, 0.3) is 43.6 Å². The molecule has 0 saturated carbocycles. The molecule has 4 aromatic heterocycles. The number of rotatable bonds is 0. The fraction of sp³-hybridized carbons (Fsp3) is 0.0400. The first kappa shape index (κ1) is 30.7. The molecule has 0 amide bonds. The van der Waals surface area contributed by atoms with E-state index in [9.17, 15) is 24.6 Å². The summed E-state index contributed by atoms with van der Waals surface area (Å²) in [6, 6.07) is 24.3. The molecule has 1 N–H and O–H groups in total. The van der Waals surface area contributed by atoms with Crippen LogP contribution in [-0.2, 0) is 19.5 Å². The molecule has 0 saturated heterocycles. The third-order valence-corrected chi connectivity index (χ3v) is 4.69. The Kier molecular flexibility index (Phi) is 9.26. The summed E-state index contributed by atoms with van der Waals surface area (Å²) in [4.78, 5) is 17.4. The second-order valence-corrected chi connectivity index (χ2v) is 9.65. The molecule has 0 bridgehead atoms. The van der Waals surface area contributed by atoms with Gasteiger partial charge in [0.2, 0.25) is 0 Å². The van der Waals surface area contributed by atoms with Gasteiger partial charge in [0.1, 0.15) is 0 Å². The van der Waals surface area contributed by atoms with Crippen molar-refractivity contribution in [2.75, 3.05) is 7.11 Å². The standard InChI is InChI=1S/2C12H8N2.CH4O.F6Si.Zn/c2*1-3-9-5-6-10-4-2-8-14-12(10)11(9)13-7-1;1-2;1-7(2,3,4,5)6;/h2*1-8H;2H,1H3;;/q;;;-2;+2. The van der Waals surface area contributed by atoms with Crippen LogP contribution in [0.1, 0.15) is 0 Å². The summed E-state index contributed by atoms with van der Waals surface area (Å²) in [5.41, 5.74) is 3.91. The van der Waals surface area contributed by atoms with Gasteiger partial charge >= 0.3 is 52.8 Å². The van der Waals surface area contributed by atoms with E-state index in [1.54, 1.807) is 24.8 Å². The van der Waals surface area contributed by atoms with Crippen molar-refractivity contribution in [3.8, 4) is 0 Å². The average Bonchev–Trinajstić information content (AvgIpc) is 2.88. The fourth-order valence-corrected chi connectivity index (χ4v) is 3.36. The second kappa shape index (κ2) is 11.5. The van der Waals surface area contributed by atoms with E-state index in [1.165, 1.54) is 0 Å². The first-order valence-electron chi connectivity index (χ1n) is 10.7. The third kappa shape index (κ3) is 9.40. The van der Waals surface area contributed by atoms with Crippen LogP contribution in [0.15, 0.2) is 97.6 Å². The van der Waals surface area contributed by atoms with Gasteiger partial charge < -0.3 is 5.11 Å². The van der Waals surface area contributed by atoms with E-state index < -0.39 is 8.63 Å². The zero-order valence-electron chi connectivity index (χ0n) is 19.9. The number of aromatic nitrogens is 4. The first-order chi connectivity index (χ1) is 17.3. The minimum Gasteiger partial charge on any atom is -0.254 e. The Morgan fingerprint density at radius 1 is 0.447 bits per heavy atom. The summed E-state index contributed by atoms with van der Waals surface area (Å²) in [6.45, 7) is 0. The van der Waals surface area contributed by atoms with Crippen molar-refractivity contribution in [2.24, 2.45) is 0 Å². The Balaban J connectivity index is 0.000000202. The SMILES string of the molecule is CO.F[Si-2](F)(F)(F)(F)F.[Zn+2].c1cnc2c(c1)ccc1cccnc12.c1cnc2c(c1)ccc1cccnc12. The Bertz CT molecular complexity index is 1440. The topological polar surface area (TPSA) is 71.8 Å². The van der Waals surface area contributed by atoms with Gasteiger partial charge in [-0.25, -0.2) is 0 Å². The van der Waals surface area contributed by atoms with Gasteiger partial charge in [0.25, 0.3) is 0 Å².